The van der Waals surface area contributed by atoms with Gasteiger partial charge in [0.1, 0.15) is 0 Å². The number of carbonyl (C=O) groups is 1. The maximum absolute atomic E-state index is 12.4. The Balaban J connectivity index is 2.11. The number of carbonyl (C=O) groups excluding carboxylic acids is 1. The summed E-state index contributed by atoms with van der Waals surface area (Å²) in [6, 6.07) is 11.8. The quantitative estimate of drug-likeness (QED) is 0.888. The molecule has 0 aliphatic heterocycles. The molecule has 1 aromatic heterocycles. The van der Waals surface area contributed by atoms with Crippen LogP contribution in [-0.2, 0) is 0 Å². The lowest BCUT2D eigenvalue weighted by Crippen LogP contribution is -2.27. The van der Waals surface area contributed by atoms with Crippen LogP contribution in [0.3, 0.4) is 0 Å². The first kappa shape index (κ1) is 16.0. The second kappa shape index (κ2) is 7.59. The Hall–Kier alpha value is -2.36. The summed E-state index contributed by atoms with van der Waals surface area (Å²) >= 11 is 0. The fourth-order valence-corrected chi connectivity index (χ4v) is 2.42. The van der Waals surface area contributed by atoms with Gasteiger partial charge >= 0.3 is 0 Å². The molecule has 0 aliphatic rings. The average molecular weight is 297 g/mol. The molecule has 1 amide bonds. The van der Waals surface area contributed by atoms with Gasteiger partial charge in [0.25, 0.3) is 5.91 Å². The summed E-state index contributed by atoms with van der Waals surface area (Å²) in [7, 11) is 0. The smallest absolute Gasteiger partial charge is 0.253 e. The molecule has 0 spiro atoms. The minimum Gasteiger partial charge on any atom is -0.371 e. The summed E-state index contributed by atoms with van der Waals surface area (Å²) < 4.78 is 0. The van der Waals surface area contributed by atoms with Gasteiger partial charge in [-0.05, 0) is 32.4 Å². The number of hydrogen-bond acceptors (Lipinski definition) is 3. The zero-order valence-electron chi connectivity index (χ0n) is 13.4. The first-order valence-corrected chi connectivity index (χ1v) is 7.71. The van der Waals surface area contributed by atoms with Crippen molar-refractivity contribution in [2.45, 2.75) is 26.8 Å². The highest BCUT2D eigenvalue weighted by Crippen LogP contribution is 2.16. The van der Waals surface area contributed by atoms with Crippen molar-refractivity contribution in [2.75, 3.05) is 18.0 Å². The Morgan fingerprint density at radius 3 is 2.50 bits per heavy atom. The highest BCUT2D eigenvalue weighted by atomic mass is 16.1. The second-order valence-electron chi connectivity index (χ2n) is 5.21. The summed E-state index contributed by atoms with van der Waals surface area (Å²) in [4.78, 5) is 18.8. The Morgan fingerprint density at radius 2 is 1.86 bits per heavy atom. The number of anilines is 1. The van der Waals surface area contributed by atoms with Gasteiger partial charge in [-0.25, -0.2) is 0 Å². The maximum Gasteiger partial charge on any atom is 0.253 e. The summed E-state index contributed by atoms with van der Waals surface area (Å²) in [5, 5.41) is 3.02. The molecule has 1 aromatic carbocycles. The van der Waals surface area contributed by atoms with E-state index in [1.807, 2.05) is 43.3 Å². The van der Waals surface area contributed by atoms with Crippen LogP contribution in [0.1, 0.15) is 42.7 Å². The summed E-state index contributed by atoms with van der Waals surface area (Å²) in [5.74, 6) is -0.0992. The fraction of sp³-hybridized carbons (Fsp3) is 0.333. The van der Waals surface area contributed by atoms with Crippen molar-refractivity contribution < 1.29 is 4.79 Å². The molecule has 116 valence electrons. The van der Waals surface area contributed by atoms with Gasteiger partial charge in [-0.1, -0.05) is 30.3 Å². The summed E-state index contributed by atoms with van der Waals surface area (Å²) in [6.07, 6.45) is 3.41. The van der Waals surface area contributed by atoms with Crippen molar-refractivity contribution in [3.8, 4) is 0 Å². The monoisotopic (exact) mass is 297 g/mol. The third kappa shape index (κ3) is 3.85. The molecule has 4 heteroatoms. The number of aromatic nitrogens is 1. The molecule has 4 nitrogen and oxygen atoms in total. The van der Waals surface area contributed by atoms with Gasteiger partial charge in [0, 0.05) is 19.3 Å². The van der Waals surface area contributed by atoms with Crippen molar-refractivity contribution in [1.29, 1.82) is 0 Å². The molecule has 0 saturated carbocycles. The molecule has 1 heterocycles. The van der Waals surface area contributed by atoms with Gasteiger partial charge in [0.05, 0.1) is 23.5 Å². The second-order valence-corrected chi connectivity index (χ2v) is 5.21. The predicted molar refractivity (Wildman–Crippen MR) is 90.1 cm³/mol. The molecule has 1 unspecified atom stereocenters. The number of benzene rings is 1. The van der Waals surface area contributed by atoms with E-state index in [-0.39, 0.29) is 11.9 Å². The van der Waals surface area contributed by atoms with Crippen molar-refractivity contribution in [2.24, 2.45) is 0 Å². The molecule has 0 bridgehead atoms. The zero-order chi connectivity index (χ0) is 15.9. The van der Waals surface area contributed by atoms with Crippen LogP contribution in [0, 0.1) is 0 Å². The Bertz CT molecular complexity index is 609. The molecule has 2 rings (SSSR count). The maximum atomic E-state index is 12.4. The van der Waals surface area contributed by atoms with Crippen LogP contribution in [0.15, 0.2) is 48.8 Å². The highest BCUT2D eigenvalue weighted by Gasteiger charge is 2.13. The van der Waals surface area contributed by atoms with E-state index in [1.165, 1.54) is 0 Å². The van der Waals surface area contributed by atoms with Crippen LogP contribution in [-0.4, -0.2) is 24.0 Å². The lowest BCUT2D eigenvalue weighted by molar-refractivity contribution is 0.0939. The van der Waals surface area contributed by atoms with Gasteiger partial charge in [-0.2, -0.15) is 0 Å². The predicted octanol–water partition coefficient (Wildman–Crippen LogP) is 3.42. The van der Waals surface area contributed by atoms with Crippen LogP contribution in [0.5, 0.6) is 0 Å². The first-order valence-electron chi connectivity index (χ1n) is 7.71. The van der Waals surface area contributed by atoms with Gasteiger partial charge in [-0.3, -0.25) is 9.78 Å². The van der Waals surface area contributed by atoms with E-state index in [0.29, 0.717) is 5.56 Å². The minimum absolute atomic E-state index is 0.0363. The molecule has 1 N–H and O–H groups in total. The van der Waals surface area contributed by atoms with Crippen LogP contribution in [0.4, 0.5) is 5.69 Å². The molecule has 0 aliphatic carbocycles. The number of pyridine rings is 1. The van der Waals surface area contributed by atoms with Gasteiger partial charge in [-0.15, -0.1) is 0 Å². The SMILES string of the molecule is CCN(CC)c1cncc(C(=O)NC(C)c2ccccc2)c1. The molecule has 0 saturated heterocycles. The van der Waals surface area contributed by atoms with Crippen molar-refractivity contribution >= 4 is 11.6 Å². The van der Waals surface area contributed by atoms with Crippen molar-refractivity contribution in [3.63, 3.8) is 0 Å². The van der Waals surface area contributed by atoms with E-state index in [0.717, 1.165) is 24.3 Å². The van der Waals surface area contributed by atoms with Crippen LogP contribution >= 0.6 is 0 Å². The molecule has 0 radical (unpaired) electrons. The standard InChI is InChI=1S/C18H23N3O/c1-4-21(5-2)17-11-16(12-19-13-17)18(22)20-14(3)15-9-7-6-8-10-15/h6-14H,4-5H2,1-3H3,(H,20,22). The lowest BCUT2D eigenvalue weighted by Gasteiger charge is -2.21. The fourth-order valence-electron chi connectivity index (χ4n) is 2.42. The van der Waals surface area contributed by atoms with E-state index in [2.05, 4.69) is 29.0 Å². The van der Waals surface area contributed by atoms with E-state index in [1.54, 1.807) is 12.4 Å². The van der Waals surface area contributed by atoms with E-state index in [9.17, 15) is 4.79 Å². The third-order valence-electron chi connectivity index (χ3n) is 3.76. The van der Waals surface area contributed by atoms with Crippen molar-refractivity contribution in [3.05, 3.63) is 59.9 Å². The number of amides is 1. The number of hydrogen-bond donors (Lipinski definition) is 1. The Labute approximate surface area is 132 Å². The highest BCUT2D eigenvalue weighted by molar-refractivity contribution is 5.95. The molecular weight excluding hydrogens is 274 g/mol. The van der Waals surface area contributed by atoms with Crippen LogP contribution in [0.25, 0.3) is 0 Å². The molecule has 2 aromatic rings. The van der Waals surface area contributed by atoms with Gasteiger partial charge in [0.2, 0.25) is 0 Å². The van der Waals surface area contributed by atoms with Gasteiger partial charge in [0.15, 0.2) is 0 Å². The van der Waals surface area contributed by atoms with Gasteiger partial charge < -0.3 is 10.2 Å². The first-order chi connectivity index (χ1) is 10.7. The van der Waals surface area contributed by atoms with E-state index < -0.39 is 0 Å². The van der Waals surface area contributed by atoms with Crippen LogP contribution in [0.2, 0.25) is 0 Å². The zero-order valence-corrected chi connectivity index (χ0v) is 13.4. The van der Waals surface area contributed by atoms with E-state index >= 15 is 0 Å². The Morgan fingerprint density at radius 1 is 1.18 bits per heavy atom. The lowest BCUT2D eigenvalue weighted by atomic mass is 10.1. The number of nitrogens with one attached hydrogen (secondary N) is 1. The Kier molecular flexibility index (Phi) is 5.53. The summed E-state index contributed by atoms with van der Waals surface area (Å²) in [6.45, 7) is 7.95. The summed E-state index contributed by atoms with van der Waals surface area (Å²) in [5.41, 5.74) is 2.65. The molecule has 22 heavy (non-hydrogen) atoms. The number of nitrogens with zero attached hydrogens (tertiary/aromatic N) is 2. The topological polar surface area (TPSA) is 45.2 Å². The molecule has 0 fully saturated rings. The average Bonchev–Trinajstić information content (AvgIpc) is 2.57. The third-order valence-corrected chi connectivity index (χ3v) is 3.76. The largest absolute Gasteiger partial charge is 0.371 e. The molecular formula is C18H23N3O. The normalized spacial score (nSPS) is 11.8. The molecule has 1 atom stereocenters. The van der Waals surface area contributed by atoms with Crippen molar-refractivity contribution in [1.82, 2.24) is 10.3 Å². The van der Waals surface area contributed by atoms with Crippen LogP contribution < -0.4 is 10.2 Å². The van der Waals surface area contributed by atoms with E-state index in [4.69, 9.17) is 0 Å². The minimum atomic E-state index is -0.0992. The number of rotatable bonds is 6.